The predicted octanol–water partition coefficient (Wildman–Crippen LogP) is 1.88. The second-order valence-corrected chi connectivity index (χ2v) is 5.97. The van der Waals surface area contributed by atoms with Crippen molar-refractivity contribution in [1.82, 2.24) is 20.2 Å². The molecule has 24 heavy (non-hydrogen) atoms. The molecule has 0 saturated carbocycles. The van der Waals surface area contributed by atoms with Crippen molar-refractivity contribution in [1.29, 1.82) is 0 Å². The van der Waals surface area contributed by atoms with Crippen LogP contribution in [0.5, 0.6) is 5.88 Å². The van der Waals surface area contributed by atoms with Crippen LogP contribution in [-0.2, 0) is 6.54 Å². The Kier molecular flexibility index (Phi) is 5.38. The second kappa shape index (κ2) is 7.88. The fourth-order valence-electron chi connectivity index (χ4n) is 2.72. The first-order valence-corrected chi connectivity index (χ1v) is 8.20. The molecule has 2 aromatic heterocycles. The van der Waals surface area contributed by atoms with Crippen LogP contribution in [0.25, 0.3) is 0 Å². The summed E-state index contributed by atoms with van der Waals surface area (Å²) in [6.45, 7) is 2.46. The minimum absolute atomic E-state index is 0.0697. The number of carbonyl (C=O) groups excluding carboxylic acids is 1. The molecule has 0 unspecified atom stereocenters. The van der Waals surface area contributed by atoms with Gasteiger partial charge in [0.05, 0.1) is 5.56 Å². The third-order valence-electron chi connectivity index (χ3n) is 4.05. The molecular weight excluding hydrogens is 304 g/mol. The minimum atomic E-state index is -0.0697. The minimum Gasteiger partial charge on any atom is -0.474 e. The normalized spacial score (nSPS) is 15.0. The van der Waals surface area contributed by atoms with E-state index in [1.54, 1.807) is 42.7 Å². The Morgan fingerprint density at radius 2 is 2.12 bits per heavy atom. The van der Waals surface area contributed by atoms with Crippen molar-refractivity contribution >= 4 is 5.91 Å². The molecule has 2 aromatic rings. The van der Waals surface area contributed by atoms with Crippen molar-refractivity contribution < 1.29 is 9.53 Å². The van der Waals surface area contributed by atoms with E-state index in [4.69, 9.17) is 4.74 Å². The van der Waals surface area contributed by atoms with Gasteiger partial charge in [0.15, 0.2) is 0 Å². The number of rotatable bonds is 5. The van der Waals surface area contributed by atoms with E-state index in [9.17, 15) is 4.79 Å². The number of nitrogens with zero attached hydrogens (tertiary/aromatic N) is 3. The van der Waals surface area contributed by atoms with E-state index in [1.807, 2.05) is 12.1 Å². The lowest BCUT2D eigenvalue weighted by atomic mass is 10.1. The number of pyridine rings is 2. The lowest BCUT2D eigenvalue weighted by Crippen LogP contribution is -2.34. The summed E-state index contributed by atoms with van der Waals surface area (Å²) in [6, 6.07) is 7.35. The van der Waals surface area contributed by atoms with E-state index in [0.29, 0.717) is 18.0 Å². The fourth-order valence-corrected chi connectivity index (χ4v) is 2.72. The highest BCUT2D eigenvalue weighted by Crippen LogP contribution is 2.15. The Hall–Kier alpha value is -2.47. The molecule has 3 rings (SSSR count). The largest absolute Gasteiger partial charge is 0.474 e. The summed E-state index contributed by atoms with van der Waals surface area (Å²) in [7, 11) is 1.77. The monoisotopic (exact) mass is 326 g/mol. The van der Waals surface area contributed by atoms with Crippen molar-refractivity contribution in [2.24, 2.45) is 0 Å². The van der Waals surface area contributed by atoms with E-state index in [-0.39, 0.29) is 12.0 Å². The molecule has 1 aliphatic heterocycles. The zero-order valence-corrected chi connectivity index (χ0v) is 13.8. The van der Waals surface area contributed by atoms with Gasteiger partial charge < -0.3 is 15.0 Å². The molecule has 0 bridgehead atoms. The van der Waals surface area contributed by atoms with Crippen LogP contribution in [0.3, 0.4) is 0 Å². The van der Waals surface area contributed by atoms with Gasteiger partial charge in [0.2, 0.25) is 5.88 Å². The van der Waals surface area contributed by atoms with Gasteiger partial charge in [-0.2, -0.15) is 0 Å². The number of hydrogen-bond donors (Lipinski definition) is 1. The van der Waals surface area contributed by atoms with Gasteiger partial charge in [-0.05, 0) is 43.6 Å². The van der Waals surface area contributed by atoms with E-state index < -0.39 is 0 Å². The average Bonchev–Trinajstić information content (AvgIpc) is 2.63. The molecule has 1 saturated heterocycles. The maximum Gasteiger partial charge on any atom is 0.255 e. The number of carbonyl (C=O) groups is 1. The molecule has 0 aromatic carbocycles. The van der Waals surface area contributed by atoms with Gasteiger partial charge in [-0.25, -0.2) is 4.98 Å². The molecule has 6 nitrogen and oxygen atoms in total. The standard InChI is InChI=1S/C18H22N4O2/c1-22(13-14-3-2-8-20-11-14)18(23)15-4-5-17(21-12-15)24-16-6-9-19-10-7-16/h2-5,8,11-12,16,19H,6-7,9-10,13H2,1H3. The quantitative estimate of drug-likeness (QED) is 0.909. The zero-order chi connectivity index (χ0) is 16.8. The molecule has 126 valence electrons. The molecule has 3 heterocycles. The lowest BCUT2D eigenvalue weighted by Gasteiger charge is -2.23. The van der Waals surface area contributed by atoms with E-state index in [1.165, 1.54) is 0 Å². The molecule has 1 amide bonds. The van der Waals surface area contributed by atoms with Gasteiger partial charge in [0.1, 0.15) is 6.10 Å². The van der Waals surface area contributed by atoms with Crippen molar-refractivity contribution in [3.63, 3.8) is 0 Å². The first kappa shape index (κ1) is 16.4. The number of aromatic nitrogens is 2. The van der Waals surface area contributed by atoms with Crippen LogP contribution in [0.2, 0.25) is 0 Å². The van der Waals surface area contributed by atoms with Gasteiger partial charge >= 0.3 is 0 Å². The number of amides is 1. The molecule has 0 radical (unpaired) electrons. The molecule has 0 spiro atoms. The summed E-state index contributed by atoms with van der Waals surface area (Å²) in [6.07, 6.45) is 7.23. The lowest BCUT2D eigenvalue weighted by molar-refractivity contribution is 0.0784. The summed E-state index contributed by atoms with van der Waals surface area (Å²) >= 11 is 0. The van der Waals surface area contributed by atoms with Crippen molar-refractivity contribution in [3.05, 3.63) is 54.0 Å². The highest BCUT2D eigenvalue weighted by Gasteiger charge is 2.16. The van der Waals surface area contributed by atoms with Crippen LogP contribution in [-0.4, -0.2) is 47.0 Å². The SMILES string of the molecule is CN(Cc1cccnc1)C(=O)c1ccc(OC2CCNCC2)nc1. The van der Waals surface area contributed by atoms with E-state index >= 15 is 0 Å². The maximum absolute atomic E-state index is 12.5. The summed E-state index contributed by atoms with van der Waals surface area (Å²) < 4.78 is 5.86. The van der Waals surface area contributed by atoms with Crippen LogP contribution in [0.15, 0.2) is 42.9 Å². The predicted molar refractivity (Wildman–Crippen MR) is 90.8 cm³/mol. The Morgan fingerprint density at radius 1 is 1.29 bits per heavy atom. The summed E-state index contributed by atoms with van der Waals surface area (Å²) in [5, 5.41) is 3.30. The third-order valence-corrected chi connectivity index (χ3v) is 4.05. The van der Waals surface area contributed by atoms with Crippen LogP contribution in [0.1, 0.15) is 28.8 Å². The smallest absolute Gasteiger partial charge is 0.255 e. The van der Waals surface area contributed by atoms with Crippen molar-refractivity contribution in [3.8, 4) is 5.88 Å². The Balaban J connectivity index is 1.58. The van der Waals surface area contributed by atoms with Gasteiger partial charge in [-0.1, -0.05) is 6.07 Å². The summed E-state index contributed by atoms with van der Waals surface area (Å²) in [5.41, 5.74) is 1.55. The fraction of sp³-hybridized carbons (Fsp3) is 0.389. The number of nitrogens with one attached hydrogen (secondary N) is 1. The molecule has 1 fully saturated rings. The van der Waals surface area contributed by atoms with Crippen LogP contribution >= 0.6 is 0 Å². The van der Waals surface area contributed by atoms with E-state index in [0.717, 1.165) is 31.5 Å². The maximum atomic E-state index is 12.5. The van der Waals surface area contributed by atoms with Crippen molar-refractivity contribution in [2.75, 3.05) is 20.1 Å². The molecular formula is C18H22N4O2. The van der Waals surface area contributed by atoms with Gasteiger partial charge in [-0.3, -0.25) is 9.78 Å². The number of hydrogen-bond acceptors (Lipinski definition) is 5. The molecule has 1 aliphatic rings. The van der Waals surface area contributed by atoms with E-state index in [2.05, 4.69) is 15.3 Å². The Labute approximate surface area is 141 Å². The Bertz CT molecular complexity index is 654. The van der Waals surface area contributed by atoms with Gasteiger partial charge in [-0.15, -0.1) is 0 Å². The zero-order valence-electron chi connectivity index (χ0n) is 13.8. The van der Waals surface area contributed by atoms with Gasteiger partial charge in [0.25, 0.3) is 5.91 Å². The molecule has 0 atom stereocenters. The molecule has 0 aliphatic carbocycles. The molecule has 6 heteroatoms. The number of ether oxygens (including phenoxy) is 1. The average molecular weight is 326 g/mol. The summed E-state index contributed by atoms with van der Waals surface area (Å²) in [4.78, 5) is 22.5. The molecule has 1 N–H and O–H groups in total. The first-order valence-electron chi connectivity index (χ1n) is 8.20. The van der Waals surface area contributed by atoms with Crippen LogP contribution in [0, 0.1) is 0 Å². The number of piperidine rings is 1. The second-order valence-electron chi connectivity index (χ2n) is 5.97. The highest BCUT2D eigenvalue weighted by molar-refractivity contribution is 5.93. The summed E-state index contributed by atoms with van der Waals surface area (Å²) in [5.74, 6) is 0.508. The highest BCUT2D eigenvalue weighted by atomic mass is 16.5. The van der Waals surface area contributed by atoms with Gasteiger partial charge in [0, 0.05) is 38.2 Å². The topological polar surface area (TPSA) is 67.4 Å². The Morgan fingerprint density at radius 3 is 2.79 bits per heavy atom. The van der Waals surface area contributed by atoms with Crippen LogP contribution < -0.4 is 10.1 Å². The first-order chi connectivity index (χ1) is 11.7. The van der Waals surface area contributed by atoms with Crippen molar-refractivity contribution in [2.45, 2.75) is 25.5 Å². The third kappa shape index (κ3) is 4.29. The van der Waals surface area contributed by atoms with Crippen LogP contribution in [0.4, 0.5) is 0 Å².